The molecule has 0 N–H and O–H groups in total. The van der Waals surface area contributed by atoms with Crippen molar-refractivity contribution in [3.8, 4) is 0 Å². The number of allylic oxidation sites excluding steroid dienone is 2. The Kier molecular flexibility index (Phi) is 2.10. The lowest BCUT2D eigenvalue weighted by atomic mass is 10.1. The molecule has 0 aromatic heterocycles. The molecule has 1 aliphatic rings. The minimum absolute atomic E-state index is 0.0420. The molecule has 0 amide bonds. The van der Waals surface area contributed by atoms with Crippen LogP contribution in [0.5, 0.6) is 0 Å². The van der Waals surface area contributed by atoms with Crippen LogP contribution in [0.15, 0.2) is 12.2 Å². The van der Waals surface area contributed by atoms with E-state index in [4.69, 9.17) is 11.6 Å². The standard InChI is InChI=1S/C9H13ClO/c1-4-5-6-7(8(10)11)9(6,2)3/h4-7H,1-3H3/b5-4-/t6-,7-/m0/s1. The lowest BCUT2D eigenvalue weighted by Gasteiger charge is -1.95. The summed E-state index contributed by atoms with van der Waals surface area (Å²) < 4.78 is 0. The van der Waals surface area contributed by atoms with Gasteiger partial charge in [0.05, 0.1) is 0 Å². The molecule has 0 aromatic rings. The van der Waals surface area contributed by atoms with E-state index in [0.29, 0.717) is 5.92 Å². The van der Waals surface area contributed by atoms with Crippen LogP contribution in [0.2, 0.25) is 0 Å². The number of hydrogen-bond donors (Lipinski definition) is 0. The van der Waals surface area contributed by atoms with Gasteiger partial charge >= 0.3 is 0 Å². The molecule has 2 atom stereocenters. The fourth-order valence-corrected chi connectivity index (χ4v) is 2.09. The summed E-state index contributed by atoms with van der Waals surface area (Å²) in [6, 6.07) is 0. The number of carbonyl (C=O) groups excluding carboxylic acids is 1. The average Bonchev–Trinajstić information content (AvgIpc) is 2.35. The maximum Gasteiger partial charge on any atom is 0.225 e. The van der Waals surface area contributed by atoms with E-state index in [1.165, 1.54) is 0 Å². The number of hydrogen-bond acceptors (Lipinski definition) is 1. The monoisotopic (exact) mass is 172 g/mol. The van der Waals surface area contributed by atoms with Gasteiger partial charge in [0.1, 0.15) is 0 Å². The van der Waals surface area contributed by atoms with Gasteiger partial charge in [-0.05, 0) is 29.9 Å². The molecule has 0 radical (unpaired) electrons. The molecule has 2 heteroatoms. The molecule has 1 saturated carbocycles. The highest BCUT2D eigenvalue weighted by Gasteiger charge is 2.59. The number of halogens is 1. The summed E-state index contributed by atoms with van der Waals surface area (Å²) in [7, 11) is 0. The van der Waals surface area contributed by atoms with E-state index in [9.17, 15) is 4.79 Å². The van der Waals surface area contributed by atoms with E-state index in [-0.39, 0.29) is 16.6 Å². The summed E-state index contributed by atoms with van der Waals surface area (Å²) in [6.07, 6.45) is 4.04. The molecule has 0 aliphatic heterocycles. The molecule has 0 bridgehead atoms. The van der Waals surface area contributed by atoms with Crippen molar-refractivity contribution in [2.45, 2.75) is 20.8 Å². The van der Waals surface area contributed by atoms with Crippen LogP contribution in [0.1, 0.15) is 20.8 Å². The van der Waals surface area contributed by atoms with Crippen molar-refractivity contribution in [3.63, 3.8) is 0 Å². The summed E-state index contributed by atoms with van der Waals surface area (Å²) in [5.74, 6) is 0.401. The first-order valence-corrected chi connectivity index (χ1v) is 4.21. The summed E-state index contributed by atoms with van der Waals surface area (Å²) >= 11 is 5.42. The average molecular weight is 173 g/mol. The first kappa shape index (κ1) is 8.79. The molecular weight excluding hydrogens is 160 g/mol. The topological polar surface area (TPSA) is 17.1 Å². The second kappa shape index (κ2) is 2.63. The van der Waals surface area contributed by atoms with Crippen LogP contribution < -0.4 is 0 Å². The van der Waals surface area contributed by atoms with Crippen molar-refractivity contribution in [2.24, 2.45) is 17.3 Å². The van der Waals surface area contributed by atoms with Crippen LogP contribution in [0.3, 0.4) is 0 Å². The zero-order valence-corrected chi connectivity index (χ0v) is 7.85. The molecule has 0 aromatic carbocycles. The van der Waals surface area contributed by atoms with Gasteiger partial charge in [-0.3, -0.25) is 4.79 Å². The van der Waals surface area contributed by atoms with Crippen molar-refractivity contribution in [2.75, 3.05) is 0 Å². The Morgan fingerprint density at radius 2 is 2.09 bits per heavy atom. The lowest BCUT2D eigenvalue weighted by Crippen LogP contribution is -1.96. The second-order valence-corrected chi connectivity index (χ2v) is 4.03. The fraction of sp³-hybridized carbons (Fsp3) is 0.667. The summed E-state index contributed by atoms with van der Waals surface area (Å²) in [4.78, 5) is 10.8. The molecule has 1 fully saturated rings. The van der Waals surface area contributed by atoms with Gasteiger partial charge in [-0.2, -0.15) is 0 Å². The Balaban J connectivity index is 2.68. The predicted molar refractivity (Wildman–Crippen MR) is 46.4 cm³/mol. The first-order chi connectivity index (χ1) is 5.01. The van der Waals surface area contributed by atoms with Crippen LogP contribution in [0.4, 0.5) is 0 Å². The van der Waals surface area contributed by atoms with E-state index < -0.39 is 0 Å². The molecular formula is C9H13ClO. The molecule has 1 aliphatic carbocycles. The highest BCUT2D eigenvalue weighted by Crippen LogP contribution is 2.59. The maximum absolute atomic E-state index is 10.8. The molecule has 0 spiro atoms. The van der Waals surface area contributed by atoms with Gasteiger partial charge in [-0.25, -0.2) is 0 Å². The van der Waals surface area contributed by atoms with Crippen LogP contribution in [0, 0.1) is 17.3 Å². The Morgan fingerprint density at radius 1 is 1.55 bits per heavy atom. The van der Waals surface area contributed by atoms with Crippen molar-refractivity contribution >= 4 is 16.8 Å². The number of rotatable bonds is 2. The highest BCUT2D eigenvalue weighted by molar-refractivity contribution is 6.64. The molecule has 11 heavy (non-hydrogen) atoms. The zero-order chi connectivity index (χ0) is 8.65. The van der Waals surface area contributed by atoms with Gasteiger partial charge in [0, 0.05) is 5.92 Å². The van der Waals surface area contributed by atoms with E-state index in [2.05, 4.69) is 19.9 Å². The van der Waals surface area contributed by atoms with Crippen molar-refractivity contribution in [3.05, 3.63) is 12.2 Å². The molecule has 0 unspecified atom stereocenters. The lowest BCUT2D eigenvalue weighted by molar-refractivity contribution is -0.113. The van der Waals surface area contributed by atoms with E-state index >= 15 is 0 Å². The predicted octanol–water partition coefficient (Wildman–Crippen LogP) is 2.60. The van der Waals surface area contributed by atoms with E-state index in [1.54, 1.807) is 0 Å². The van der Waals surface area contributed by atoms with Gasteiger partial charge < -0.3 is 0 Å². The quantitative estimate of drug-likeness (QED) is 0.462. The third-order valence-corrected chi connectivity index (χ3v) is 2.79. The Morgan fingerprint density at radius 3 is 2.36 bits per heavy atom. The maximum atomic E-state index is 10.8. The van der Waals surface area contributed by atoms with Crippen molar-refractivity contribution < 1.29 is 4.79 Å². The Hall–Kier alpha value is -0.300. The number of carbonyl (C=O) groups is 1. The minimum Gasteiger partial charge on any atom is -0.281 e. The SMILES string of the molecule is C/C=C\[C@H]1[C@@H](C(=O)Cl)C1(C)C. The third kappa shape index (κ3) is 1.34. The van der Waals surface area contributed by atoms with Gasteiger partial charge in [0.15, 0.2) is 0 Å². The van der Waals surface area contributed by atoms with Crippen LogP contribution >= 0.6 is 11.6 Å². The van der Waals surface area contributed by atoms with Crippen LogP contribution in [-0.4, -0.2) is 5.24 Å². The van der Waals surface area contributed by atoms with Crippen LogP contribution in [0.25, 0.3) is 0 Å². The zero-order valence-electron chi connectivity index (χ0n) is 7.10. The summed E-state index contributed by atoms with van der Waals surface area (Å²) in [5, 5.41) is -0.196. The van der Waals surface area contributed by atoms with Gasteiger partial charge in [-0.1, -0.05) is 26.0 Å². The normalized spacial score (nSPS) is 34.2. The van der Waals surface area contributed by atoms with E-state index in [0.717, 1.165) is 0 Å². The smallest absolute Gasteiger partial charge is 0.225 e. The van der Waals surface area contributed by atoms with E-state index in [1.807, 2.05) is 13.0 Å². The largest absolute Gasteiger partial charge is 0.281 e. The minimum atomic E-state index is -0.196. The van der Waals surface area contributed by atoms with Gasteiger partial charge in [0.2, 0.25) is 5.24 Å². The Bertz CT molecular complexity index is 206. The molecule has 1 rings (SSSR count). The van der Waals surface area contributed by atoms with Gasteiger partial charge in [0.25, 0.3) is 0 Å². The van der Waals surface area contributed by atoms with Crippen molar-refractivity contribution in [1.29, 1.82) is 0 Å². The first-order valence-electron chi connectivity index (χ1n) is 3.84. The summed E-state index contributed by atoms with van der Waals surface area (Å²) in [5.41, 5.74) is 0.0886. The van der Waals surface area contributed by atoms with Gasteiger partial charge in [-0.15, -0.1) is 0 Å². The highest BCUT2D eigenvalue weighted by atomic mass is 35.5. The van der Waals surface area contributed by atoms with Crippen LogP contribution in [-0.2, 0) is 4.79 Å². The molecule has 0 heterocycles. The molecule has 1 nitrogen and oxygen atoms in total. The van der Waals surface area contributed by atoms with Crippen molar-refractivity contribution in [1.82, 2.24) is 0 Å². The fourth-order valence-electron chi connectivity index (χ4n) is 1.68. The third-order valence-electron chi connectivity index (χ3n) is 2.55. The second-order valence-electron chi connectivity index (χ2n) is 3.65. The molecule has 0 saturated heterocycles. The Labute approximate surface area is 72.4 Å². The molecule has 62 valence electrons. The summed E-state index contributed by atoms with van der Waals surface area (Å²) in [6.45, 7) is 6.11.